The molecular formula is C20H21ClFN3O4. The number of carbonyl (C=O) groups is 2. The van der Waals surface area contributed by atoms with Gasteiger partial charge in [-0.25, -0.2) is 4.39 Å². The van der Waals surface area contributed by atoms with E-state index < -0.39 is 5.82 Å². The van der Waals surface area contributed by atoms with Crippen molar-refractivity contribution in [1.82, 2.24) is 10.6 Å². The normalized spacial score (nSPS) is 31.3. The first-order valence-electron chi connectivity index (χ1n) is 9.52. The van der Waals surface area contributed by atoms with Crippen LogP contribution in [0.5, 0.6) is 5.75 Å². The van der Waals surface area contributed by atoms with Crippen molar-refractivity contribution in [3.63, 3.8) is 0 Å². The minimum absolute atomic E-state index is 0.00169. The van der Waals surface area contributed by atoms with Crippen LogP contribution in [-0.4, -0.2) is 42.2 Å². The van der Waals surface area contributed by atoms with Crippen LogP contribution in [0.3, 0.4) is 0 Å². The molecule has 0 unspecified atom stereocenters. The fourth-order valence-electron chi connectivity index (χ4n) is 4.43. The van der Waals surface area contributed by atoms with E-state index in [2.05, 4.69) is 16.7 Å². The van der Waals surface area contributed by atoms with E-state index in [1.807, 2.05) is 0 Å². The molecule has 0 heterocycles. The summed E-state index contributed by atoms with van der Waals surface area (Å²) in [5.74, 6) is -0.783. The number of hydrogen-bond donors (Lipinski definition) is 2. The lowest BCUT2D eigenvalue weighted by molar-refractivity contribution is -0.154. The number of rotatable bonds is 8. The molecule has 2 N–H and O–H groups in total. The van der Waals surface area contributed by atoms with Gasteiger partial charge in [0.15, 0.2) is 6.61 Å². The summed E-state index contributed by atoms with van der Waals surface area (Å²) >= 11 is 5.61. The molecule has 9 heteroatoms. The van der Waals surface area contributed by atoms with E-state index in [0.717, 1.165) is 6.07 Å². The second-order valence-electron chi connectivity index (χ2n) is 8.28. The Morgan fingerprint density at radius 3 is 2.38 bits per heavy atom. The lowest BCUT2D eigenvalue weighted by atomic mass is 9.44. The molecule has 7 nitrogen and oxygen atoms in total. The zero-order valence-corrected chi connectivity index (χ0v) is 16.4. The Balaban J connectivity index is 1.13. The standard InChI is InChI=1S/C20H21ClFN3O4/c21-15-2-1-13(5-16(15)22)28-7-17(26)24-19-9-20(10-19,11-19)25-18(27)8-29-14-3-12(4-14)6-23/h1-2,5,12,14H,3-4,7-11H2,(H,24,26)(H,25,27)/t12-,14-,19?,20?. The zero-order valence-electron chi connectivity index (χ0n) is 15.7. The monoisotopic (exact) mass is 421 g/mol. The quantitative estimate of drug-likeness (QED) is 0.669. The first kappa shape index (κ1) is 19.9. The minimum atomic E-state index is -0.604. The van der Waals surface area contributed by atoms with E-state index in [-0.39, 0.29) is 58.9 Å². The van der Waals surface area contributed by atoms with Crippen LogP contribution in [0.25, 0.3) is 0 Å². The van der Waals surface area contributed by atoms with Gasteiger partial charge in [-0.05, 0) is 44.2 Å². The summed E-state index contributed by atoms with van der Waals surface area (Å²) in [5, 5.41) is 14.7. The van der Waals surface area contributed by atoms with Crippen LogP contribution in [0.4, 0.5) is 4.39 Å². The van der Waals surface area contributed by atoms with Crippen molar-refractivity contribution in [2.24, 2.45) is 5.92 Å². The molecule has 0 radical (unpaired) electrons. The number of ether oxygens (including phenoxy) is 2. The van der Waals surface area contributed by atoms with Gasteiger partial charge in [-0.3, -0.25) is 9.59 Å². The summed E-state index contributed by atoms with van der Waals surface area (Å²) < 4.78 is 24.2. The summed E-state index contributed by atoms with van der Waals surface area (Å²) in [6.07, 6.45) is 3.40. The van der Waals surface area contributed by atoms with E-state index in [0.29, 0.717) is 32.1 Å². The van der Waals surface area contributed by atoms with Gasteiger partial charge in [-0.15, -0.1) is 0 Å². The van der Waals surface area contributed by atoms with Crippen molar-refractivity contribution in [2.45, 2.75) is 49.3 Å². The number of benzene rings is 1. The molecule has 4 aliphatic rings. The number of carbonyl (C=O) groups excluding carboxylic acids is 2. The van der Waals surface area contributed by atoms with Crippen LogP contribution < -0.4 is 15.4 Å². The summed E-state index contributed by atoms with van der Waals surface area (Å²) in [6, 6.07) is 6.18. The van der Waals surface area contributed by atoms with Gasteiger partial charge in [-0.1, -0.05) is 11.6 Å². The van der Waals surface area contributed by atoms with Gasteiger partial charge in [-0.2, -0.15) is 5.26 Å². The van der Waals surface area contributed by atoms with Crippen LogP contribution in [0.2, 0.25) is 5.02 Å². The van der Waals surface area contributed by atoms with Gasteiger partial charge in [0.1, 0.15) is 18.2 Å². The van der Waals surface area contributed by atoms with Gasteiger partial charge in [0.05, 0.1) is 23.1 Å². The molecule has 154 valence electrons. The highest BCUT2D eigenvalue weighted by molar-refractivity contribution is 6.30. The fourth-order valence-corrected chi connectivity index (χ4v) is 4.55. The smallest absolute Gasteiger partial charge is 0.258 e. The second-order valence-corrected chi connectivity index (χ2v) is 8.69. The van der Waals surface area contributed by atoms with Crippen LogP contribution in [0, 0.1) is 23.1 Å². The molecule has 4 fully saturated rings. The molecule has 0 atom stereocenters. The number of nitrogens with zero attached hydrogens (tertiary/aromatic N) is 1. The Labute approximate surface area is 172 Å². The molecular weight excluding hydrogens is 401 g/mol. The Morgan fingerprint density at radius 2 is 1.79 bits per heavy atom. The van der Waals surface area contributed by atoms with Gasteiger partial charge in [0.2, 0.25) is 5.91 Å². The zero-order chi connectivity index (χ0) is 20.6. The molecule has 0 spiro atoms. The van der Waals surface area contributed by atoms with Gasteiger partial charge in [0, 0.05) is 17.1 Å². The lowest BCUT2D eigenvalue weighted by Crippen LogP contribution is -2.84. The summed E-state index contributed by atoms with van der Waals surface area (Å²) in [6.45, 7) is -0.226. The average molecular weight is 422 g/mol. The SMILES string of the molecule is N#C[C@H]1C[C@H](OCC(=O)NC23CC(NC(=O)COc4ccc(Cl)c(F)c4)(C2)C3)C1. The Hall–Kier alpha value is -2.37. The second kappa shape index (κ2) is 7.47. The number of hydrogen-bond acceptors (Lipinski definition) is 5. The molecule has 4 aliphatic carbocycles. The maximum atomic E-state index is 13.4. The topological polar surface area (TPSA) is 100 Å². The van der Waals surface area contributed by atoms with Crippen LogP contribution in [-0.2, 0) is 14.3 Å². The van der Waals surface area contributed by atoms with Crippen molar-refractivity contribution in [3.8, 4) is 11.8 Å². The highest BCUT2D eigenvalue weighted by Crippen LogP contribution is 2.60. The maximum Gasteiger partial charge on any atom is 0.258 e. The first-order chi connectivity index (χ1) is 13.8. The van der Waals surface area contributed by atoms with E-state index in [1.165, 1.54) is 12.1 Å². The van der Waals surface area contributed by atoms with E-state index in [9.17, 15) is 14.0 Å². The summed E-state index contributed by atoms with van der Waals surface area (Å²) in [4.78, 5) is 24.2. The van der Waals surface area contributed by atoms with E-state index in [1.54, 1.807) is 0 Å². The van der Waals surface area contributed by atoms with Gasteiger partial charge in [0.25, 0.3) is 5.91 Å². The number of halogens is 2. The Morgan fingerprint density at radius 1 is 1.17 bits per heavy atom. The molecule has 5 rings (SSSR count). The van der Waals surface area contributed by atoms with Crippen molar-refractivity contribution >= 4 is 23.4 Å². The lowest BCUT2D eigenvalue weighted by Gasteiger charge is -2.70. The van der Waals surface area contributed by atoms with E-state index >= 15 is 0 Å². The average Bonchev–Trinajstić information content (AvgIpc) is 2.58. The van der Waals surface area contributed by atoms with Crippen molar-refractivity contribution in [2.75, 3.05) is 13.2 Å². The van der Waals surface area contributed by atoms with Crippen LogP contribution in [0.1, 0.15) is 32.1 Å². The number of amides is 2. The highest BCUT2D eigenvalue weighted by Gasteiger charge is 2.69. The van der Waals surface area contributed by atoms with E-state index in [4.69, 9.17) is 26.3 Å². The number of nitrogens with one attached hydrogen (secondary N) is 2. The fraction of sp³-hybridized carbons (Fsp3) is 0.550. The predicted octanol–water partition coefficient (Wildman–Crippen LogP) is 2.08. The molecule has 2 bridgehead atoms. The van der Waals surface area contributed by atoms with Crippen molar-refractivity contribution < 1.29 is 23.5 Å². The largest absolute Gasteiger partial charge is 0.484 e. The Kier molecular flexibility index (Phi) is 5.13. The van der Waals surface area contributed by atoms with Crippen LogP contribution >= 0.6 is 11.6 Å². The third kappa shape index (κ3) is 4.16. The third-order valence-electron chi connectivity index (χ3n) is 5.83. The molecule has 0 saturated heterocycles. The van der Waals surface area contributed by atoms with Crippen LogP contribution in [0.15, 0.2) is 18.2 Å². The van der Waals surface area contributed by atoms with Gasteiger partial charge < -0.3 is 20.1 Å². The predicted molar refractivity (Wildman–Crippen MR) is 101 cm³/mol. The molecule has 2 amide bonds. The third-order valence-corrected chi connectivity index (χ3v) is 6.13. The van der Waals surface area contributed by atoms with Crippen molar-refractivity contribution in [3.05, 3.63) is 29.0 Å². The number of nitriles is 1. The highest BCUT2D eigenvalue weighted by atomic mass is 35.5. The molecule has 4 saturated carbocycles. The summed E-state index contributed by atoms with van der Waals surface area (Å²) in [7, 11) is 0. The molecule has 29 heavy (non-hydrogen) atoms. The summed E-state index contributed by atoms with van der Waals surface area (Å²) in [5.41, 5.74) is -0.559. The molecule has 1 aromatic rings. The van der Waals surface area contributed by atoms with Gasteiger partial charge >= 0.3 is 0 Å². The first-order valence-corrected chi connectivity index (χ1v) is 9.89. The minimum Gasteiger partial charge on any atom is -0.484 e. The Bertz CT molecular complexity index is 861. The molecule has 0 aliphatic heterocycles. The molecule has 1 aromatic carbocycles. The maximum absolute atomic E-state index is 13.4. The van der Waals surface area contributed by atoms with Crippen molar-refractivity contribution in [1.29, 1.82) is 5.26 Å². The molecule has 0 aromatic heterocycles.